The molecular weight excluding hydrogens is 356 g/mol. The summed E-state index contributed by atoms with van der Waals surface area (Å²) in [5.41, 5.74) is 3.20. The summed E-state index contributed by atoms with van der Waals surface area (Å²) in [5.74, 6) is -0.268. The van der Waals surface area contributed by atoms with Gasteiger partial charge in [-0.3, -0.25) is 0 Å². The van der Waals surface area contributed by atoms with Crippen molar-refractivity contribution in [1.82, 2.24) is 0 Å². The third kappa shape index (κ3) is 3.41. The molecule has 152 valence electrons. The lowest BCUT2D eigenvalue weighted by Gasteiger charge is -2.44. The molecule has 1 aromatic rings. The Kier molecular flexibility index (Phi) is 5.42. The van der Waals surface area contributed by atoms with Crippen molar-refractivity contribution < 1.29 is 39.7 Å². The number of ether oxygens (including phenoxy) is 3. The molecule has 2 heterocycles. The fourth-order valence-electron chi connectivity index (χ4n) is 3.72. The van der Waals surface area contributed by atoms with Crippen LogP contribution in [-0.4, -0.2) is 68.6 Å². The standard InChI is InChI=1S/C19H28O8/c1-8-9(2)17-11(10(3)13(8)21)5-6-19(4,26-17)27-18-16(24)15(23)14(22)12(7-20)25-18/h12,14-16,18,20-24H,5-7H2,1-4H3/t12-,14-,15+,16+,18-,19?/m0/s1. The van der Waals surface area contributed by atoms with Crippen molar-refractivity contribution in [1.29, 1.82) is 0 Å². The van der Waals surface area contributed by atoms with Gasteiger partial charge in [0.15, 0.2) is 6.29 Å². The summed E-state index contributed by atoms with van der Waals surface area (Å²) >= 11 is 0. The number of hydrogen-bond acceptors (Lipinski definition) is 8. The molecule has 2 aliphatic rings. The monoisotopic (exact) mass is 384 g/mol. The molecule has 1 unspecified atom stereocenters. The van der Waals surface area contributed by atoms with E-state index in [1.165, 1.54) is 0 Å². The van der Waals surface area contributed by atoms with E-state index in [0.717, 1.165) is 22.3 Å². The lowest BCUT2D eigenvalue weighted by Crippen LogP contribution is -2.61. The zero-order chi connectivity index (χ0) is 20.1. The molecule has 0 amide bonds. The summed E-state index contributed by atoms with van der Waals surface area (Å²) in [5, 5.41) is 49.6. The van der Waals surface area contributed by atoms with Crippen LogP contribution in [0.15, 0.2) is 0 Å². The number of aliphatic hydroxyl groups is 4. The highest BCUT2D eigenvalue weighted by molar-refractivity contribution is 5.58. The van der Waals surface area contributed by atoms with Crippen molar-refractivity contribution in [3.8, 4) is 11.5 Å². The Bertz CT molecular complexity index is 718. The van der Waals surface area contributed by atoms with Crippen LogP contribution in [0.2, 0.25) is 0 Å². The highest BCUT2D eigenvalue weighted by Crippen LogP contribution is 2.44. The fraction of sp³-hybridized carbons (Fsp3) is 0.684. The average molecular weight is 384 g/mol. The molecule has 0 spiro atoms. The molecule has 0 saturated carbocycles. The molecule has 2 aliphatic heterocycles. The molecule has 8 nitrogen and oxygen atoms in total. The summed E-state index contributed by atoms with van der Waals surface area (Å²) in [6.07, 6.45) is -5.75. The Hall–Kier alpha value is -1.42. The average Bonchev–Trinajstić information content (AvgIpc) is 2.65. The third-order valence-corrected chi connectivity index (χ3v) is 5.70. The Labute approximate surface area is 157 Å². The molecule has 1 saturated heterocycles. The number of hydrogen-bond donors (Lipinski definition) is 5. The van der Waals surface area contributed by atoms with Crippen LogP contribution in [0.3, 0.4) is 0 Å². The van der Waals surface area contributed by atoms with Gasteiger partial charge in [-0.2, -0.15) is 0 Å². The Morgan fingerprint density at radius 2 is 1.70 bits per heavy atom. The number of benzene rings is 1. The number of aliphatic hydroxyl groups excluding tert-OH is 4. The molecular formula is C19H28O8. The van der Waals surface area contributed by atoms with Crippen LogP contribution in [-0.2, 0) is 15.9 Å². The van der Waals surface area contributed by atoms with Crippen molar-refractivity contribution >= 4 is 0 Å². The van der Waals surface area contributed by atoms with Crippen molar-refractivity contribution in [3.05, 3.63) is 22.3 Å². The molecule has 1 fully saturated rings. The molecule has 0 aliphatic carbocycles. The maximum absolute atomic E-state index is 10.3. The van der Waals surface area contributed by atoms with Crippen molar-refractivity contribution in [2.45, 2.75) is 77.0 Å². The fourth-order valence-corrected chi connectivity index (χ4v) is 3.72. The van der Waals surface area contributed by atoms with Crippen molar-refractivity contribution in [3.63, 3.8) is 0 Å². The molecule has 8 heteroatoms. The lowest BCUT2D eigenvalue weighted by atomic mass is 9.91. The predicted octanol–water partition coefficient (Wildman–Crippen LogP) is 0.175. The number of rotatable bonds is 3. The summed E-state index contributed by atoms with van der Waals surface area (Å²) in [6.45, 7) is 6.68. The van der Waals surface area contributed by atoms with Crippen LogP contribution in [0.5, 0.6) is 11.5 Å². The third-order valence-electron chi connectivity index (χ3n) is 5.70. The quantitative estimate of drug-likeness (QED) is 0.499. The van der Waals surface area contributed by atoms with Gasteiger partial charge >= 0.3 is 0 Å². The zero-order valence-corrected chi connectivity index (χ0v) is 16.0. The van der Waals surface area contributed by atoms with Gasteiger partial charge in [-0.15, -0.1) is 0 Å². The first-order valence-corrected chi connectivity index (χ1v) is 9.08. The van der Waals surface area contributed by atoms with Crippen molar-refractivity contribution in [2.75, 3.05) is 6.61 Å². The van der Waals surface area contributed by atoms with Crippen LogP contribution in [0.4, 0.5) is 0 Å². The Morgan fingerprint density at radius 1 is 1.04 bits per heavy atom. The smallest absolute Gasteiger partial charge is 0.210 e. The second kappa shape index (κ2) is 7.20. The topological polar surface area (TPSA) is 129 Å². The number of phenolic OH excluding ortho intramolecular Hbond substituents is 1. The number of aromatic hydroxyl groups is 1. The summed E-state index contributed by atoms with van der Waals surface area (Å²) in [6, 6.07) is 0. The van der Waals surface area contributed by atoms with Crippen LogP contribution in [0.25, 0.3) is 0 Å². The molecule has 27 heavy (non-hydrogen) atoms. The van der Waals surface area contributed by atoms with E-state index < -0.39 is 43.1 Å². The van der Waals surface area contributed by atoms with Crippen LogP contribution < -0.4 is 4.74 Å². The summed E-state index contributed by atoms with van der Waals surface area (Å²) in [7, 11) is 0. The minimum Gasteiger partial charge on any atom is -0.507 e. The molecule has 3 rings (SSSR count). The minimum absolute atomic E-state index is 0.258. The van der Waals surface area contributed by atoms with E-state index in [1.54, 1.807) is 6.92 Å². The largest absolute Gasteiger partial charge is 0.507 e. The zero-order valence-electron chi connectivity index (χ0n) is 16.0. The number of fused-ring (bicyclic) bond motifs is 1. The van der Waals surface area contributed by atoms with E-state index >= 15 is 0 Å². The molecule has 0 aromatic heterocycles. The normalized spacial score (nSPS) is 36.2. The van der Waals surface area contributed by atoms with E-state index in [-0.39, 0.29) is 5.75 Å². The first-order chi connectivity index (χ1) is 12.6. The first kappa shape index (κ1) is 20.3. The van der Waals surface area contributed by atoms with Gasteiger partial charge in [0.25, 0.3) is 0 Å². The molecule has 0 radical (unpaired) electrons. The lowest BCUT2D eigenvalue weighted by molar-refractivity contribution is -0.354. The van der Waals surface area contributed by atoms with Gasteiger partial charge in [-0.1, -0.05) is 0 Å². The summed E-state index contributed by atoms with van der Waals surface area (Å²) in [4.78, 5) is 0. The highest BCUT2D eigenvalue weighted by Gasteiger charge is 2.48. The van der Waals surface area contributed by atoms with E-state index in [1.807, 2.05) is 20.8 Å². The van der Waals surface area contributed by atoms with Gasteiger partial charge in [0.2, 0.25) is 5.79 Å². The maximum Gasteiger partial charge on any atom is 0.210 e. The summed E-state index contributed by atoms with van der Waals surface area (Å²) < 4.78 is 17.4. The SMILES string of the molecule is Cc1c(C)c2c(c(C)c1O)CCC(C)(O[C@@H]1O[C@@H](CO)[C@H](O)[C@@H](O)[C@H]1O)O2. The van der Waals surface area contributed by atoms with E-state index in [2.05, 4.69) is 0 Å². The molecule has 6 atom stereocenters. The van der Waals surface area contributed by atoms with Gasteiger partial charge in [0.1, 0.15) is 35.9 Å². The second-order valence-electron chi connectivity index (χ2n) is 7.58. The van der Waals surface area contributed by atoms with Crippen molar-refractivity contribution in [2.24, 2.45) is 0 Å². The van der Waals surface area contributed by atoms with Crippen LogP contribution in [0, 0.1) is 20.8 Å². The van der Waals surface area contributed by atoms with Crippen LogP contribution in [0.1, 0.15) is 35.6 Å². The Balaban J connectivity index is 1.85. The maximum atomic E-state index is 10.3. The highest BCUT2D eigenvalue weighted by atomic mass is 16.8. The Morgan fingerprint density at radius 3 is 2.33 bits per heavy atom. The van der Waals surface area contributed by atoms with Gasteiger partial charge in [0.05, 0.1) is 6.61 Å². The number of phenols is 1. The predicted molar refractivity (Wildman–Crippen MR) is 94.5 cm³/mol. The van der Waals surface area contributed by atoms with Gasteiger partial charge in [-0.05, 0) is 43.9 Å². The van der Waals surface area contributed by atoms with Crippen LogP contribution >= 0.6 is 0 Å². The van der Waals surface area contributed by atoms with Gasteiger partial charge < -0.3 is 39.7 Å². The van der Waals surface area contributed by atoms with E-state index in [0.29, 0.717) is 18.6 Å². The van der Waals surface area contributed by atoms with Gasteiger partial charge in [-0.25, -0.2) is 0 Å². The minimum atomic E-state index is -1.51. The first-order valence-electron chi connectivity index (χ1n) is 9.08. The molecule has 0 bridgehead atoms. The second-order valence-corrected chi connectivity index (χ2v) is 7.58. The molecule has 5 N–H and O–H groups in total. The van der Waals surface area contributed by atoms with E-state index in [4.69, 9.17) is 14.2 Å². The van der Waals surface area contributed by atoms with E-state index in [9.17, 15) is 25.5 Å². The molecule has 1 aromatic carbocycles. The van der Waals surface area contributed by atoms with Gasteiger partial charge in [0, 0.05) is 18.9 Å².